The van der Waals surface area contributed by atoms with Crippen LogP contribution in [0.4, 0.5) is 5.69 Å². The molecule has 0 aliphatic carbocycles. The molecule has 0 saturated heterocycles. The highest BCUT2D eigenvalue weighted by Crippen LogP contribution is 2.19. The molecule has 3 rings (SSSR count). The van der Waals surface area contributed by atoms with Gasteiger partial charge in [-0.25, -0.2) is 9.67 Å². The zero-order valence-electron chi connectivity index (χ0n) is 13.7. The van der Waals surface area contributed by atoms with E-state index in [4.69, 9.17) is 0 Å². The van der Waals surface area contributed by atoms with Crippen LogP contribution in [0.3, 0.4) is 0 Å². The standard InChI is InChI=1S/C18H18N4O2S/c1-25-15-9-5-8-14(10-15)20-18(24)17-19-12-22(21-17)11-16(23)13-6-3-2-4-7-13/h2-10,12,16,23H,11H2,1H3,(H,20,24)/t16-/m0/s1. The molecule has 1 heterocycles. The Morgan fingerprint density at radius 2 is 2.04 bits per heavy atom. The SMILES string of the molecule is CSc1cccc(NC(=O)c2ncn(C[C@H](O)c3ccccc3)n2)c1. The Bertz CT molecular complexity index is 851. The molecule has 0 radical (unpaired) electrons. The first kappa shape index (κ1) is 17.2. The normalized spacial score (nSPS) is 11.9. The summed E-state index contributed by atoms with van der Waals surface area (Å²) in [6.45, 7) is 0.228. The van der Waals surface area contributed by atoms with Gasteiger partial charge in [0.25, 0.3) is 5.91 Å². The lowest BCUT2D eigenvalue weighted by Gasteiger charge is -2.10. The van der Waals surface area contributed by atoms with Crippen LogP contribution in [0.1, 0.15) is 22.3 Å². The molecule has 1 amide bonds. The second kappa shape index (κ2) is 7.96. The maximum Gasteiger partial charge on any atom is 0.295 e. The van der Waals surface area contributed by atoms with Gasteiger partial charge in [0.1, 0.15) is 6.33 Å². The Kier molecular flexibility index (Phi) is 5.47. The zero-order valence-corrected chi connectivity index (χ0v) is 14.5. The van der Waals surface area contributed by atoms with E-state index in [9.17, 15) is 9.90 Å². The summed E-state index contributed by atoms with van der Waals surface area (Å²) < 4.78 is 1.46. The van der Waals surface area contributed by atoms with Crippen molar-refractivity contribution in [1.29, 1.82) is 0 Å². The quantitative estimate of drug-likeness (QED) is 0.665. The topological polar surface area (TPSA) is 80.0 Å². The van der Waals surface area contributed by atoms with Crippen molar-refractivity contribution in [3.8, 4) is 0 Å². The molecule has 2 aromatic carbocycles. The van der Waals surface area contributed by atoms with E-state index in [1.807, 2.05) is 60.9 Å². The number of aromatic nitrogens is 3. The van der Waals surface area contributed by atoms with Crippen LogP contribution >= 0.6 is 11.8 Å². The van der Waals surface area contributed by atoms with Gasteiger partial charge in [0, 0.05) is 10.6 Å². The molecular weight excluding hydrogens is 336 g/mol. The second-order valence-corrected chi connectivity index (χ2v) is 6.28. The number of amides is 1. The smallest absolute Gasteiger partial charge is 0.295 e. The van der Waals surface area contributed by atoms with E-state index in [1.165, 1.54) is 11.0 Å². The fourth-order valence-electron chi connectivity index (χ4n) is 2.33. The number of rotatable bonds is 6. The molecule has 25 heavy (non-hydrogen) atoms. The van der Waals surface area contributed by atoms with Crippen LogP contribution in [0, 0.1) is 0 Å². The molecule has 0 aliphatic heterocycles. The molecule has 0 spiro atoms. The van der Waals surface area contributed by atoms with Gasteiger partial charge in [0.05, 0.1) is 12.6 Å². The number of nitrogens with one attached hydrogen (secondary N) is 1. The molecule has 7 heteroatoms. The lowest BCUT2D eigenvalue weighted by molar-refractivity contribution is 0.101. The summed E-state index contributed by atoms with van der Waals surface area (Å²) in [5, 5.41) is 17.1. The van der Waals surface area contributed by atoms with E-state index in [2.05, 4.69) is 15.4 Å². The largest absolute Gasteiger partial charge is 0.386 e. The molecule has 0 unspecified atom stereocenters. The number of aliphatic hydroxyl groups is 1. The molecule has 2 N–H and O–H groups in total. The number of benzene rings is 2. The number of carbonyl (C=O) groups is 1. The van der Waals surface area contributed by atoms with E-state index < -0.39 is 6.10 Å². The number of anilines is 1. The van der Waals surface area contributed by atoms with Gasteiger partial charge >= 0.3 is 0 Å². The molecule has 0 fully saturated rings. The van der Waals surface area contributed by atoms with Gasteiger partial charge in [0.2, 0.25) is 5.82 Å². The van der Waals surface area contributed by atoms with Crippen molar-refractivity contribution in [2.75, 3.05) is 11.6 Å². The fraction of sp³-hybridized carbons (Fsp3) is 0.167. The van der Waals surface area contributed by atoms with Crippen LogP contribution < -0.4 is 5.32 Å². The summed E-state index contributed by atoms with van der Waals surface area (Å²) in [7, 11) is 0. The molecule has 0 bridgehead atoms. The Morgan fingerprint density at radius 1 is 1.24 bits per heavy atom. The van der Waals surface area contributed by atoms with Gasteiger partial charge in [-0.2, -0.15) is 0 Å². The zero-order chi connectivity index (χ0) is 17.6. The summed E-state index contributed by atoms with van der Waals surface area (Å²) in [5.41, 5.74) is 1.48. The number of nitrogens with zero attached hydrogens (tertiary/aromatic N) is 3. The maximum absolute atomic E-state index is 12.3. The van der Waals surface area contributed by atoms with E-state index >= 15 is 0 Å². The molecule has 3 aromatic rings. The highest BCUT2D eigenvalue weighted by Gasteiger charge is 2.14. The maximum atomic E-state index is 12.3. The second-order valence-electron chi connectivity index (χ2n) is 5.40. The Morgan fingerprint density at radius 3 is 2.80 bits per heavy atom. The molecular formula is C18H18N4O2S. The summed E-state index contributed by atoms with van der Waals surface area (Å²) in [6.07, 6.45) is 2.71. The Hall–Kier alpha value is -2.64. The minimum Gasteiger partial charge on any atom is -0.386 e. The third-order valence-electron chi connectivity index (χ3n) is 3.61. The minimum absolute atomic E-state index is 0.0646. The molecule has 128 valence electrons. The average molecular weight is 354 g/mol. The summed E-state index contributed by atoms with van der Waals surface area (Å²) in [6, 6.07) is 16.8. The number of hydrogen-bond donors (Lipinski definition) is 2. The van der Waals surface area contributed by atoms with Crippen LogP contribution in [-0.2, 0) is 6.54 Å². The van der Waals surface area contributed by atoms with Gasteiger partial charge in [0.15, 0.2) is 0 Å². The monoisotopic (exact) mass is 354 g/mol. The van der Waals surface area contributed by atoms with E-state index in [0.717, 1.165) is 10.5 Å². The first-order valence-corrected chi connectivity index (χ1v) is 8.96. The Labute approximate surface area is 149 Å². The van der Waals surface area contributed by atoms with Crippen LogP contribution in [0.15, 0.2) is 65.8 Å². The fourth-order valence-corrected chi connectivity index (χ4v) is 2.79. The van der Waals surface area contributed by atoms with Crippen molar-refractivity contribution in [1.82, 2.24) is 14.8 Å². The lowest BCUT2D eigenvalue weighted by atomic mass is 10.1. The Balaban J connectivity index is 1.65. The van der Waals surface area contributed by atoms with E-state index in [1.54, 1.807) is 11.8 Å². The van der Waals surface area contributed by atoms with Crippen LogP contribution in [0.2, 0.25) is 0 Å². The minimum atomic E-state index is -0.711. The van der Waals surface area contributed by atoms with Crippen molar-refractivity contribution in [3.05, 3.63) is 72.3 Å². The van der Waals surface area contributed by atoms with Crippen LogP contribution in [-0.4, -0.2) is 32.0 Å². The predicted octanol–water partition coefficient (Wildman–Crippen LogP) is 2.99. The first-order chi connectivity index (χ1) is 12.2. The molecule has 1 atom stereocenters. The van der Waals surface area contributed by atoms with Crippen molar-refractivity contribution in [2.45, 2.75) is 17.5 Å². The lowest BCUT2D eigenvalue weighted by Crippen LogP contribution is -2.15. The van der Waals surface area contributed by atoms with Crippen molar-refractivity contribution < 1.29 is 9.90 Å². The summed E-state index contributed by atoms with van der Waals surface area (Å²) in [4.78, 5) is 17.3. The number of carbonyl (C=O) groups excluding carboxylic acids is 1. The van der Waals surface area contributed by atoms with Gasteiger partial charge < -0.3 is 10.4 Å². The van der Waals surface area contributed by atoms with Crippen molar-refractivity contribution in [3.63, 3.8) is 0 Å². The first-order valence-electron chi connectivity index (χ1n) is 7.73. The van der Waals surface area contributed by atoms with E-state index in [-0.39, 0.29) is 18.3 Å². The third kappa shape index (κ3) is 4.46. The molecule has 1 aromatic heterocycles. The predicted molar refractivity (Wildman–Crippen MR) is 97.6 cm³/mol. The number of aliphatic hydroxyl groups excluding tert-OH is 1. The summed E-state index contributed by atoms with van der Waals surface area (Å²) >= 11 is 1.60. The third-order valence-corrected chi connectivity index (χ3v) is 4.34. The van der Waals surface area contributed by atoms with Crippen molar-refractivity contribution in [2.24, 2.45) is 0 Å². The molecule has 0 saturated carbocycles. The summed E-state index contributed by atoms with van der Waals surface area (Å²) in [5.74, 6) is -0.318. The van der Waals surface area contributed by atoms with E-state index in [0.29, 0.717) is 5.69 Å². The number of hydrogen-bond acceptors (Lipinski definition) is 5. The highest BCUT2D eigenvalue weighted by atomic mass is 32.2. The number of thioether (sulfide) groups is 1. The highest BCUT2D eigenvalue weighted by molar-refractivity contribution is 7.98. The van der Waals surface area contributed by atoms with Crippen LogP contribution in [0.25, 0.3) is 0 Å². The van der Waals surface area contributed by atoms with Gasteiger partial charge in [-0.15, -0.1) is 16.9 Å². The molecule has 0 aliphatic rings. The van der Waals surface area contributed by atoms with Crippen molar-refractivity contribution >= 4 is 23.4 Å². The van der Waals surface area contributed by atoms with Crippen LogP contribution in [0.5, 0.6) is 0 Å². The molecule has 6 nitrogen and oxygen atoms in total. The van der Waals surface area contributed by atoms with Gasteiger partial charge in [-0.3, -0.25) is 4.79 Å². The van der Waals surface area contributed by atoms with Gasteiger partial charge in [-0.05, 0) is 30.0 Å². The van der Waals surface area contributed by atoms with Gasteiger partial charge in [-0.1, -0.05) is 36.4 Å². The average Bonchev–Trinajstić information content (AvgIpc) is 3.11.